The minimum Gasteiger partial charge on any atom is -0.468 e. The summed E-state index contributed by atoms with van der Waals surface area (Å²) in [6.07, 6.45) is 1.55. The third-order valence-electron chi connectivity index (χ3n) is 3.85. The highest BCUT2D eigenvalue weighted by molar-refractivity contribution is 5.86. The summed E-state index contributed by atoms with van der Waals surface area (Å²) in [5, 5.41) is 2.80. The van der Waals surface area contributed by atoms with Crippen molar-refractivity contribution in [2.75, 3.05) is 19.0 Å². The summed E-state index contributed by atoms with van der Waals surface area (Å²) in [5.74, 6) is -0.297. The smallest absolute Gasteiger partial charge is 0.412 e. The van der Waals surface area contributed by atoms with E-state index in [0.29, 0.717) is 18.8 Å². The molecule has 1 N–H and O–H groups in total. The van der Waals surface area contributed by atoms with E-state index in [1.54, 1.807) is 0 Å². The lowest BCUT2D eigenvalue weighted by molar-refractivity contribution is -0.146. The van der Waals surface area contributed by atoms with Gasteiger partial charge in [0.2, 0.25) is 0 Å². The molecule has 1 atom stereocenters. The molecule has 6 nitrogen and oxygen atoms in total. The van der Waals surface area contributed by atoms with Gasteiger partial charge in [-0.25, -0.2) is 4.79 Å². The van der Waals surface area contributed by atoms with Crippen molar-refractivity contribution in [2.24, 2.45) is 0 Å². The van der Waals surface area contributed by atoms with E-state index in [1.807, 2.05) is 70.7 Å². The first-order valence-electron chi connectivity index (χ1n) is 9.06. The maximum Gasteiger partial charge on any atom is 0.412 e. The number of hydrogen-bond acceptors (Lipinski definition) is 5. The summed E-state index contributed by atoms with van der Waals surface area (Å²) >= 11 is 0. The highest BCUT2D eigenvalue weighted by atomic mass is 16.6. The molecule has 0 heterocycles. The van der Waals surface area contributed by atoms with Gasteiger partial charge in [-0.2, -0.15) is 0 Å². The number of carbonyl (C=O) groups excluding carboxylic acids is 2. The number of methoxy groups -OCH3 is 1. The molecule has 0 unspecified atom stereocenters. The number of benzene rings is 1. The molecule has 0 spiro atoms. The number of nitrogens with one attached hydrogen (secondary N) is 1. The van der Waals surface area contributed by atoms with Crippen LogP contribution in [0.1, 0.15) is 47.1 Å². The summed E-state index contributed by atoms with van der Waals surface area (Å²) in [6, 6.07) is 7.07. The van der Waals surface area contributed by atoms with E-state index in [-0.39, 0.29) is 5.97 Å². The first-order chi connectivity index (χ1) is 12.5. The molecule has 0 fully saturated rings. The van der Waals surface area contributed by atoms with E-state index in [0.717, 1.165) is 11.1 Å². The first kappa shape index (κ1) is 22.7. The molecule has 27 heavy (non-hydrogen) atoms. The van der Waals surface area contributed by atoms with Gasteiger partial charge >= 0.3 is 12.1 Å². The zero-order valence-corrected chi connectivity index (χ0v) is 17.5. The number of para-hydroxylation sites is 1. The average molecular weight is 376 g/mol. The molecule has 150 valence electrons. The van der Waals surface area contributed by atoms with Crippen LogP contribution < -0.4 is 5.32 Å². The summed E-state index contributed by atoms with van der Waals surface area (Å²) in [4.78, 5) is 26.2. The highest BCUT2D eigenvalue weighted by Crippen LogP contribution is 2.20. The van der Waals surface area contributed by atoms with Crippen LogP contribution in [0.25, 0.3) is 0 Å². The number of esters is 1. The molecule has 1 aromatic rings. The van der Waals surface area contributed by atoms with Crippen LogP contribution in [0.2, 0.25) is 0 Å². The van der Waals surface area contributed by atoms with E-state index >= 15 is 0 Å². The number of anilines is 1. The van der Waals surface area contributed by atoms with Crippen molar-refractivity contribution in [3.8, 4) is 0 Å². The minimum absolute atomic E-state index is 0.297. The third-order valence-corrected chi connectivity index (χ3v) is 3.85. The summed E-state index contributed by atoms with van der Waals surface area (Å²) in [6.45, 7) is 12.4. The van der Waals surface area contributed by atoms with Crippen molar-refractivity contribution in [1.82, 2.24) is 4.90 Å². The van der Waals surface area contributed by atoms with Crippen LogP contribution in [-0.2, 0) is 20.8 Å². The number of ether oxygens (including phenoxy) is 2. The Hall–Kier alpha value is -2.34. The minimum atomic E-state index is -0.575. The summed E-state index contributed by atoms with van der Waals surface area (Å²) in [7, 11) is 1.38. The van der Waals surface area contributed by atoms with Crippen molar-refractivity contribution >= 4 is 17.7 Å². The number of hydrogen-bond donors (Lipinski definition) is 1. The fourth-order valence-electron chi connectivity index (χ4n) is 2.39. The Morgan fingerprint density at radius 2 is 1.85 bits per heavy atom. The Labute approximate surface area is 162 Å². The van der Waals surface area contributed by atoms with Crippen LogP contribution in [0.3, 0.4) is 0 Å². The number of amides is 1. The zero-order chi connectivity index (χ0) is 20.6. The standard InChI is InChI=1S/C21H32N2O4/c1-15(2)12-13-23(16(3)19(24)26-7)14-17-10-8-9-11-18(17)22-20(25)27-21(4,5)6/h8-12,16H,13-14H2,1-7H3,(H,22,25)/t16-/m0/s1. The molecule has 0 aliphatic carbocycles. The third kappa shape index (κ3) is 8.26. The van der Waals surface area contributed by atoms with Gasteiger partial charge in [-0.05, 0) is 53.2 Å². The van der Waals surface area contributed by atoms with Gasteiger partial charge in [0.05, 0.1) is 7.11 Å². The first-order valence-corrected chi connectivity index (χ1v) is 9.06. The van der Waals surface area contributed by atoms with Gasteiger partial charge in [-0.3, -0.25) is 15.0 Å². The lowest BCUT2D eigenvalue weighted by atomic mass is 10.1. The van der Waals surface area contributed by atoms with Crippen LogP contribution in [0.15, 0.2) is 35.9 Å². The van der Waals surface area contributed by atoms with Crippen molar-refractivity contribution in [1.29, 1.82) is 0 Å². The van der Waals surface area contributed by atoms with Crippen molar-refractivity contribution in [2.45, 2.75) is 59.7 Å². The molecule has 0 aliphatic rings. The molecular weight excluding hydrogens is 344 g/mol. The molecule has 0 bridgehead atoms. The normalized spacial score (nSPS) is 12.3. The van der Waals surface area contributed by atoms with Crippen LogP contribution in [0, 0.1) is 0 Å². The second kappa shape index (κ2) is 10.1. The molecule has 0 aliphatic heterocycles. The number of allylic oxidation sites excluding steroid dienone is 1. The van der Waals surface area contributed by atoms with Crippen LogP contribution >= 0.6 is 0 Å². The summed E-state index contributed by atoms with van der Waals surface area (Å²) < 4.78 is 10.2. The fraction of sp³-hybridized carbons (Fsp3) is 0.524. The fourth-order valence-corrected chi connectivity index (χ4v) is 2.39. The molecule has 0 radical (unpaired) electrons. The van der Waals surface area contributed by atoms with Crippen molar-refractivity contribution < 1.29 is 19.1 Å². The average Bonchev–Trinajstić information content (AvgIpc) is 2.56. The predicted octanol–water partition coefficient (Wildman–Crippen LogP) is 4.36. The van der Waals surface area contributed by atoms with Gasteiger partial charge in [0.15, 0.2) is 0 Å². The topological polar surface area (TPSA) is 67.9 Å². The van der Waals surface area contributed by atoms with Gasteiger partial charge in [0, 0.05) is 18.8 Å². The number of rotatable bonds is 7. The second-order valence-electron chi connectivity index (χ2n) is 7.69. The number of carbonyl (C=O) groups is 2. The lowest BCUT2D eigenvalue weighted by Crippen LogP contribution is -2.39. The Balaban J connectivity index is 3.02. The van der Waals surface area contributed by atoms with E-state index in [2.05, 4.69) is 11.4 Å². The van der Waals surface area contributed by atoms with E-state index in [9.17, 15) is 9.59 Å². The van der Waals surface area contributed by atoms with E-state index < -0.39 is 17.7 Å². The Morgan fingerprint density at radius 3 is 2.41 bits per heavy atom. The van der Waals surface area contributed by atoms with Gasteiger partial charge in [0.25, 0.3) is 0 Å². The monoisotopic (exact) mass is 376 g/mol. The van der Waals surface area contributed by atoms with Crippen LogP contribution in [-0.4, -0.2) is 42.3 Å². The number of nitrogens with zero attached hydrogens (tertiary/aromatic N) is 1. The quantitative estimate of drug-likeness (QED) is 0.565. The largest absolute Gasteiger partial charge is 0.468 e. The van der Waals surface area contributed by atoms with Gasteiger partial charge in [-0.15, -0.1) is 0 Å². The molecule has 0 saturated heterocycles. The van der Waals surface area contributed by atoms with Crippen molar-refractivity contribution in [3.05, 3.63) is 41.5 Å². The van der Waals surface area contributed by atoms with Crippen LogP contribution in [0.4, 0.5) is 10.5 Å². The molecular formula is C21H32N2O4. The zero-order valence-electron chi connectivity index (χ0n) is 17.5. The molecule has 1 amide bonds. The Kier molecular flexibility index (Phi) is 8.50. The lowest BCUT2D eigenvalue weighted by Gasteiger charge is -2.27. The Morgan fingerprint density at radius 1 is 1.22 bits per heavy atom. The van der Waals surface area contributed by atoms with Crippen LogP contribution in [0.5, 0.6) is 0 Å². The predicted molar refractivity (Wildman–Crippen MR) is 108 cm³/mol. The summed E-state index contributed by atoms with van der Waals surface area (Å²) in [5.41, 5.74) is 2.14. The van der Waals surface area contributed by atoms with E-state index in [1.165, 1.54) is 7.11 Å². The van der Waals surface area contributed by atoms with Gasteiger partial charge < -0.3 is 9.47 Å². The van der Waals surface area contributed by atoms with E-state index in [4.69, 9.17) is 9.47 Å². The van der Waals surface area contributed by atoms with Crippen molar-refractivity contribution in [3.63, 3.8) is 0 Å². The highest BCUT2D eigenvalue weighted by Gasteiger charge is 2.23. The molecule has 0 saturated carbocycles. The SMILES string of the molecule is COC(=O)[C@H](C)N(CC=C(C)C)Cc1ccccc1NC(=O)OC(C)(C)C. The van der Waals surface area contributed by atoms with Gasteiger partial charge in [-0.1, -0.05) is 29.8 Å². The maximum atomic E-state index is 12.1. The molecule has 1 rings (SSSR count). The Bertz CT molecular complexity index is 673. The molecule has 6 heteroatoms. The molecule has 1 aromatic carbocycles. The maximum absolute atomic E-state index is 12.1. The molecule has 0 aromatic heterocycles. The van der Waals surface area contributed by atoms with Gasteiger partial charge in [0.1, 0.15) is 11.6 Å². The second-order valence-corrected chi connectivity index (χ2v) is 7.69.